The first-order chi connectivity index (χ1) is 11.7. The topological polar surface area (TPSA) is 120 Å². The van der Waals surface area contributed by atoms with E-state index in [0.717, 1.165) is 11.9 Å². The van der Waals surface area contributed by atoms with E-state index in [4.69, 9.17) is 4.42 Å². The van der Waals surface area contributed by atoms with Crippen LogP contribution in [-0.4, -0.2) is 40.6 Å². The van der Waals surface area contributed by atoms with E-state index in [0.29, 0.717) is 5.69 Å². The zero-order chi connectivity index (χ0) is 18.2. The Hall–Kier alpha value is -3.01. The van der Waals surface area contributed by atoms with Crippen LogP contribution in [-0.2, 0) is 16.9 Å². The zero-order valence-electron chi connectivity index (χ0n) is 13.7. The van der Waals surface area contributed by atoms with Gasteiger partial charge in [-0.1, -0.05) is 5.10 Å². The summed E-state index contributed by atoms with van der Waals surface area (Å²) >= 11 is 0. The summed E-state index contributed by atoms with van der Waals surface area (Å²) < 4.78 is 29.9. The second-order valence-corrected chi connectivity index (χ2v) is 7.47. The predicted molar refractivity (Wildman–Crippen MR) is 88.7 cm³/mol. The summed E-state index contributed by atoms with van der Waals surface area (Å²) in [6.45, 7) is 1.88. The van der Waals surface area contributed by atoms with Crippen LogP contribution in [0.15, 0.2) is 39.6 Å². The molecule has 0 atom stereocenters. The summed E-state index contributed by atoms with van der Waals surface area (Å²) in [6.07, 6.45) is 1.10. The fraction of sp³-hybridized carbons (Fsp3) is 0.200. The Balaban J connectivity index is 1.75. The average Bonchev–Trinajstić information content (AvgIpc) is 3.14. The molecule has 0 aliphatic rings. The highest BCUT2D eigenvalue weighted by atomic mass is 32.2. The molecule has 25 heavy (non-hydrogen) atoms. The number of carbonyl (C=O) groups excluding carboxylic acids is 1. The molecule has 1 aromatic carbocycles. The molecule has 130 valence electrons. The molecule has 0 bridgehead atoms. The maximum absolute atomic E-state index is 12.2. The van der Waals surface area contributed by atoms with Gasteiger partial charge in [-0.15, -0.1) is 5.10 Å². The summed E-state index contributed by atoms with van der Waals surface area (Å²) in [7, 11) is -1.52. The van der Waals surface area contributed by atoms with Crippen LogP contribution in [0.25, 0.3) is 11.6 Å². The van der Waals surface area contributed by atoms with Crippen LogP contribution in [0.3, 0.4) is 0 Å². The number of aromatic nitrogens is 4. The monoisotopic (exact) mass is 361 g/mol. The summed E-state index contributed by atoms with van der Waals surface area (Å²) in [4.78, 5) is 12.3. The smallest absolute Gasteiger partial charge is 0.322 e. The van der Waals surface area contributed by atoms with E-state index in [1.54, 1.807) is 17.8 Å². The van der Waals surface area contributed by atoms with Gasteiger partial charge < -0.3 is 4.42 Å². The van der Waals surface area contributed by atoms with Gasteiger partial charge in [0.2, 0.25) is 0 Å². The van der Waals surface area contributed by atoms with Gasteiger partial charge in [-0.05, 0) is 37.3 Å². The van der Waals surface area contributed by atoms with Crippen molar-refractivity contribution in [3.63, 3.8) is 0 Å². The maximum Gasteiger partial charge on any atom is 0.322 e. The first-order valence-corrected chi connectivity index (χ1v) is 9.09. The summed E-state index contributed by atoms with van der Waals surface area (Å²) in [5.74, 6) is -0.307. The van der Waals surface area contributed by atoms with Crippen molar-refractivity contribution in [1.29, 1.82) is 0 Å². The Kier molecular flexibility index (Phi) is 4.13. The number of carbonyl (C=O) groups is 1. The van der Waals surface area contributed by atoms with Crippen molar-refractivity contribution in [3.05, 3.63) is 41.6 Å². The molecule has 1 N–H and O–H groups in total. The molecule has 3 rings (SSSR count). The fourth-order valence-electron chi connectivity index (χ4n) is 2.07. The minimum Gasteiger partial charge on any atom is -0.401 e. The fourth-order valence-corrected chi connectivity index (χ4v) is 2.70. The lowest BCUT2D eigenvalue weighted by Gasteiger charge is -2.02. The lowest BCUT2D eigenvalue weighted by Crippen LogP contribution is -2.12. The second kappa shape index (κ2) is 6.13. The highest BCUT2D eigenvalue weighted by Crippen LogP contribution is 2.19. The molecule has 1 amide bonds. The Morgan fingerprint density at radius 1 is 1.20 bits per heavy atom. The Morgan fingerprint density at radius 2 is 1.88 bits per heavy atom. The van der Waals surface area contributed by atoms with Gasteiger partial charge in [-0.3, -0.25) is 14.8 Å². The third-order valence-electron chi connectivity index (χ3n) is 3.52. The van der Waals surface area contributed by atoms with E-state index in [1.165, 1.54) is 24.3 Å². The van der Waals surface area contributed by atoms with Crippen LogP contribution < -0.4 is 5.32 Å². The molecular weight excluding hydrogens is 346 g/mol. The maximum atomic E-state index is 12.2. The number of nitrogens with one attached hydrogen (secondary N) is 1. The quantitative estimate of drug-likeness (QED) is 0.746. The number of sulfone groups is 1. The zero-order valence-corrected chi connectivity index (χ0v) is 14.5. The first-order valence-electron chi connectivity index (χ1n) is 7.20. The minimum atomic E-state index is -3.31. The molecule has 2 aromatic heterocycles. The van der Waals surface area contributed by atoms with Crippen molar-refractivity contribution in [2.75, 3.05) is 11.6 Å². The van der Waals surface area contributed by atoms with Gasteiger partial charge in [-0.25, -0.2) is 8.42 Å². The van der Waals surface area contributed by atoms with Gasteiger partial charge in [0, 0.05) is 24.6 Å². The van der Waals surface area contributed by atoms with Crippen LogP contribution in [0.2, 0.25) is 0 Å². The molecule has 0 aliphatic heterocycles. The van der Waals surface area contributed by atoms with E-state index >= 15 is 0 Å². The van der Waals surface area contributed by atoms with E-state index in [1.807, 2.05) is 6.92 Å². The van der Waals surface area contributed by atoms with Crippen molar-refractivity contribution in [2.45, 2.75) is 11.8 Å². The molecule has 9 nitrogen and oxygen atoms in total. The van der Waals surface area contributed by atoms with Gasteiger partial charge in [0.25, 0.3) is 11.8 Å². The van der Waals surface area contributed by atoms with Crippen molar-refractivity contribution < 1.29 is 17.6 Å². The van der Waals surface area contributed by atoms with Crippen molar-refractivity contribution in [1.82, 2.24) is 20.0 Å². The summed E-state index contributed by atoms with van der Waals surface area (Å²) in [6, 6.07) is 7.25. The van der Waals surface area contributed by atoms with Crippen molar-refractivity contribution >= 4 is 21.8 Å². The minimum absolute atomic E-state index is 0.0736. The number of benzene rings is 1. The van der Waals surface area contributed by atoms with Gasteiger partial charge in [-0.2, -0.15) is 5.10 Å². The Labute approximate surface area is 143 Å². The number of hydrogen-bond donors (Lipinski definition) is 1. The molecule has 0 saturated heterocycles. The molecule has 0 radical (unpaired) electrons. The van der Waals surface area contributed by atoms with Gasteiger partial charge >= 0.3 is 6.01 Å². The molecule has 0 fully saturated rings. The van der Waals surface area contributed by atoms with Gasteiger partial charge in [0.05, 0.1) is 4.90 Å². The van der Waals surface area contributed by atoms with Crippen LogP contribution in [0.4, 0.5) is 6.01 Å². The van der Waals surface area contributed by atoms with Crippen LogP contribution >= 0.6 is 0 Å². The first kappa shape index (κ1) is 16.8. The Bertz CT molecular complexity index is 1010. The van der Waals surface area contributed by atoms with E-state index in [9.17, 15) is 13.2 Å². The average molecular weight is 361 g/mol. The molecule has 0 spiro atoms. The molecule has 0 aliphatic carbocycles. The van der Waals surface area contributed by atoms with E-state index in [2.05, 4.69) is 20.6 Å². The van der Waals surface area contributed by atoms with E-state index < -0.39 is 15.7 Å². The van der Waals surface area contributed by atoms with E-state index in [-0.39, 0.29) is 22.4 Å². The lowest BCUT2D eigenvalue weighted by molar-refractivity contribution is 0.102. The number of hydrogen-bond acceptors (Lipinski definition) is 7. The Morgan fingerprint density at radius 3 is 2.44 bits per heavy atom. The van der Waals surface area contributed by atoms with Crippen molar-refractivity contribution in [2.24, 2.45) is 7.05 Å². The predicted octanol–water partition coefficient (Wildman–Crippen LogP) is 1.43. The number of amides is 1. The third kappa shape index (κ3) is 3.58. The van der Waals surface area contributed by atoms with Gasteiger partial charge in [0.1, 0.15) is 5.69 Å². The van der Waals surface area contributed by atoms with Crippen molar-refractivity contribution in [3.8, 4) is 11.6 Å². The van der Waals surface area contributed by atoms with Crippen LogP contribution in [0.5, 0.6) is 0 Å². The standard InChI is InChI=1S/C15H15N5O4S/c1-9-8-12(19-20(9)2)14-17-18-15(24-14)16-13(21)10-4-6-11(7-5-10)25(3,22)23/h4-8H,1-3H3,(H,16,18,21). The number of nitrogens with zero attached hydrogens (tertiary/aromatic N) is 4. The number of aryl methyl sites for hydroxylation is 2. The molecule has 0 saturated carbocycles. The SMILES string of the molecule is Cc1cc(-c2nnc(NC(=O)c3ccc(S(C)(=O)=O)cc3)o2)nn1C. The number of rotatable bonds is 4. The van der Waals surface area contributed by atoms with Crippen LogP contribution in [0.1, 0.15) is 16.1 Å². The lowest BCUT2D eigenvalue weighted by atomic mass is 10.2. The highest BCUT2D eigenvalue weighted by molar-refractivity contribution is 7.90. The molecule has 0 unspecified atom stereocenters. The number of anilines is 1. The van der Waals surface area contributed by atoms with Gasteiger partial charge in [0.15, 0.2) is 9.84 Å². The third-order valence-corrected chi connectivity index (χ3v) is 4.65. The normalized spacial score (nSPS) is 11.5. The molecule has 3 aromatic rings. The summed E-state index contributed by atoms with van der Waals surface area (Å²) in [5, 5.41) is 14.3. The highest BCUT2D eigenvalue weighted by Gasteiger charge is 2.16. The molecular formula is C15H15N5O4S. The molecule has 2 heterocycles. The largest absolute Gasteiger partial charge is 0.401 e. The summed E-state index contributed by atoms with van der Waals surface area (Å²) in [5.41, 5.74) is 1.69. The molecule has 10 heteroatoms. The van der Waals surface area contributed by atoms with Crippen LogP contribution in [0, 0.1) is 6.92 Å². The second-order valence-electron chi connectivity index (χ2n) is 5.46.